The van der Waals surface area contributed by atoms with Gasteiger partial charge in [-0.25, -0.2) is 4.79 Å². The molecule has 0 aromatic heterocycles. The number of hydrogen-bond donors (Lipinski definition) is 0. The first-order valence-electron chi connectivity index (χ1n) is 4.44. The number of carbonyl (C=O) groups excluding carboxylic acids is 2. The van der Waals surface area contributed by atoms with Crippen LogP contribution in [0.3, 0.4) is 0 Å². The van der Waals surface area contributed by atoms with Gasteiger partial charge in [0.25, 0.3) is 0 Å². The monoisotopic (exact) mass is 222 g/mol. The van der Waals surface area contributed by atoms with Crippen LogP contribution in [0.5, 0.6) is 0 Å². The normalized spacial score (nSPS) is 11.1. The highest BCUT2D eigenvalue weighted by atomic mass is 35.5. The Balaban J connectivity index is 3.69. The first-order valence-corrected chi connectivity index (χ1v) is 4.82. The SMILES string of the molecule is CCC(C)(C)OOC(=O)CCC(=O)Cl. The van der Waals surface area contributed by atoms with Gasteiger partial charge in [0, 0.05) is 6.42 Å². The first kappa shape index (κ1) is 13.4. The highest BCUT2D eigenvalue weighted by Gasteiger charge is 2.19. The Morgan fingerprint density at radius 1 is 1.29 bits per heavy atom. The Hall–Kier alpha value is -0.610. The van der Waals surface area contributed by atoms with Crippen molar-refractivity contribution in [2.24, 2.45) is 0 Å². The van der Waals surface area contributed by atoms with Gasteiger partial charge < -0.3 is 0 Å². The predicted molar refractivity (Wildman–Crippen MR) is 51.6 cm³/mol. The van der Waals surface area contributed by atoms with Crippen molar-refractivity contribution in [3.8, 4) is 0 Å². The summed E-state index contributed by atoms with van der Waals surface area (Å²) in [7, 11) is 0. The Bertz CT molecular complexity index is 213. The summed E-state index contributed by atoms with van der Waals surface area (Å²) in [5, 5.41) is -0.559. The Labute approximate surface area is 88.4 Å². The van der Waals surface area contributed by atoms with Gasteiger partial charge in [-0.3, -0.25) is 9.68 Å². The van der Waals surface area contributed by atoms with Gasteiger partial charge in [0.1, 0.15) is 5.60 Å². The lowest BCUT2D eigenvalue weighted by Gasteiger charge is -2.20. The summed E-state index contributed by atoms with van der Waals surface area (Å²) >= 11 is 5.05. The molecule has 0 spiro atoms. The van der Waals surface area contributed by atoms with Crippen LogP contribution >= 0.6 is 11.6 Å². The van der Waals surface area contributed by atoms with E-state index in [0.29, 0.717) is 6.42 Å². The van der Waals surface area contributed by atoms with E-state index in [1.807, 2.05) is 6.92 Å². The quantitative estimate of drug-likeness (QED) is 0.393. The molecule has 0 saturated heterocycles. The van der Waals surface area contributed by atoms with Crippen LogP contribution < -0.4 is 0 Å². The van der Waals surface area contributed by atoms with E-state index in [4.69, 9.17) is 16.5 Å². The summed E-state index contributed by atoms with van der Waals surface area (Å²) < 4.78 is 0. The summed E-state index contributed by atoms with van der Waals surface area (Å²) in [6.07, 6.45) is 0.632. The topological polar surface area (TPSA) is 52.6 Å². The van der Waals surface area contributed by atoms with Crippen LogP contribution in [-0.2, 0) is 19.4 Å². The Morgan fingerprint density at radius 2 is 1.86 bits per heavy atom. The van der Waals surface area contributed by atoms with Crippen LogP contribution in [0.1, 0.15) is 40.0 Å². The Morgan fingerprint density at radius 3 is 2.29 bits per heavy atom. The second-order valence-corrected chi connectivity index (χ2v) is 3.93. The van der Waals surface area contributed by atoms with E-state index in [0.717, 1.165) is 0 Å². The lowest BCUT2D eigenvalue weighted by atomic mass is 10.1. The number of hydrogen-bond acceptors (Lipinski definition) is 4. The van der Waals surface area contributed by atoms with Gasteiger partial charge in [-0.1, -0.05) is 6.92 Å². The minimum Gasteiger partial charge on any atom is -0.298 e. The maximum Gasteiger partial charge on any atom is 0.342 e. The molecule has 0 aliphatic heterocycles. The molecule has 82 valence electrons. The molecule has 0 aliphatic carbocycles. The van der Waals surface area contributed by atoms with E-state index in [1.54, 1.807) is 13.8 Å². The van der Waals surface area contributed by atoms with Crippen molar-refractivity contribution in [3.63, 3.8) is 0 Å². The van der Waals surface area contributed by atoms with Gasteiger partial charge in [-0.2, -0.15) is 4.89 Å². The lowest BCUT2D eigenvalue weighted by molar-refractivity contribution is -0.325. The lowest BCUT2D eigenvalue weighted by Crippen LogP contribution is -2.25. The average Bonchev–Trinajstić information content (AvgIpc) is 2.11. The predicted octanol–water partition coefficient (Wildman–Crippen LogP) is 2.20. The summed E-state index contributed by atoms with van der Waals surface area (Å²) in [4.78, 5) is 30.6. The van der Waals surface area contributed by atoms with Crippen molar-refractivity contribution in [1.29, 1.82) is 0 Å². The third kappa shape index (κ3) is 6.86. The minimum absolute atomic E-state index is 0.0314. The van der Waals surface area contributed by atoms with Crippen molar-refractivity contribution in [2.75, 3.05) is 0 Å². The fourth-order valence-electron chi connectivity index (χ4n) is 0.460. The van der Waals surface area contributed by atoms with Crippen LogP contribution in [0, 0.1) is 0 Å². The molecule has 0 bridgehead atoms. The van der Waals surface area contributed by atoms with E-state index in [1.165, 1.54) is 0 Å². The highest BCUT2D eigenvalue weighted by molar-refractivity contribution is 6.63. The zero-order valence-corrected chi connectivity index (χ0v) is 9.39. The third-order valence-corrected chi connectivity index (χ3v) is 1.93. The molecule has 14 heavy (non-hydrogen) atoms. The highest BCUT2D eigenvalue weighted by Crippen LogP contribution is 2.14. The van der Waals surface area contributed by atoms with E-state index >= 15 is 0 Å². The molecular weight excluding hydrogens is 208 g/mol. The van der Waals surface area contributed by atoms with Gasteiger partial charge in [0.15, 0.2) is 0 Å². The molecule has 0 heterocycles. The van der Waals surface area contributed by atoms with E-state index in [-0.39, 0.29) is 12.8 Å². The molecule has 0 radical (unpaired) electrons. The third-order valence-electron chi connectivity index (χ3n) is 1.74. The zero-order chi connectivity index (χ0) is 11.2. The summed E-state index contributed by atoms with van der Waals surface area (Å²) in [5.74, 6) is -0.583. The molecular formula is C9H15ClO4. The van der Waals surface area contributed by atoms with Crippen molar-refractivity contribution in [2.45, 2.75) is 45.6 Å². The van der Waals surface area contributed by atoms with Crippen LogP contribution in [0.2, 0.25) is 0 Å². The van der Waals surface area contributed by atoms with Crippen molar-refractivity contribution in [1.82, 2.24) is 0 Å². The van der Waals surface area contributed by atoms with Gasteiger partial charge in [-0.15, -0.1) is 0 Å². The van der Waals surface area contributed by atoms with Crippen molar-refractivity contribution < 1.29 is 19.4 Å². The molecule has 0 aromatic rings. The fourth-order valence-corrected chi connectivity index (χ4v) is 0.555. The van der Waals surface area contributed by atoms with E-state index in [9.17, 15) is 9.59 Å². The second kappa shape index (κ2) is 5.98. The summed E-state index contributed by atoms with van der Waals surface area (Å²) in [6.45, 7) is 5.51. The molecule has 0 unspecified atom stereocenters. The van der Waals surface area contributed by atoms with Crippen molar-refractivity contribution in [3.05, 3.63) is 0 Å². The molecule has 4 nitrogen and oxygen atoms in total. The fraction of sp³-hybridized carbons (Fsp3) is 0.778. The standard InChI is InChI=1S/C9H15ClO4/c1-4-9(2,3)14-13-8(12)6-5-7(10)11/h4-6H2,1-3H3. The van der Waals surface area contributed by atoms with Crippen LogP contribution in [0.4, 0.5) is 0 Å². The molecule has 0 amide bonds. The summed E-state index contributed by atoms with van der Waals surface area (Å²) in [5.41, 5.74) is -0.499. The maximum absolute atomic E-state index is 11.0. The molecule has 0 atom stereocenters. The molecule has 0 aromatic carbocycles. The molecule has 0 rings (SSSR count). The van der Waals surface area contributed by atoms with Gasteiger partial charge >= 0.3 is 5.97 Å². The second-order valence-electron chi connectivity index (χ2n) is 3.51. The molecule has 0 N–H and O–H groups in total. The number of carbonyl (C=O) groups is 2. The summed E-state index contributed by atoms with van der Waals surface area (Å²) in [6, 6.07) is 0. The van der Waals surface area contributed by atoms with Crippen molar-refractivity contribution >= 4 is 22.8 Å². The van der Waals surface area contributed by atoms with Crippen LogP contribution in [-0.4, -0.2) is 16.8 Å². The van der Waals surface area contributed by atoms with Crippen LogP contribution in [0.15, 0.2) is 0 Å². The average molecular weight is 223 g/mol. The molecule has 0 aliphatic rings. The zero-order valence-electron chi connectivity index (χ0n) is 8.63. The number of halogens is 1. The largest absolute Gasteiger partial charge is 0.342 e. The van der Waals surface area contributed by atoms with E-state index < -0.39 is 16.8 Å². The first-order chi connectivity index (χ1) is 6.37. The van der Waals surface area contributed by atoms with Crippen LogP contribution in [0.25, 0.3) is 0 Å². The Kier molecular flexibility index (Phi) is 5.72. The maximum atomic E-state index is 11.0. The van der Waals surface area contributed by atoms with Gasteiger partial charge in [0.05, 0.1) is 6.42 Å². The smallest absolute Gasteiger partial charge is 0.298 e. The number of rotatable bonds is 6. The molecule has 0 saturated carbocycles. The van der Waals surface area contributed by atoms with Gasteiger partial charge in [0.2, 0.25) is 5.24 Å². The minimum atomic E-state index is -0.583. The van der Waals surface area contributed by atoms with Gasteiger partial charge in [-0.05, 0) is 31.9 Å². The molecule has 5 heteroatoms. The van der Waals surface area contributed by atoms with E-state index in [2.05, 4.69) is 4.89 Å². The molecule has 0 fully saturated rings.